The van der Waals surface area contributed by atoms with Crippen molar-refractivity contribution in [3.05, 3.63) is 52.0 Å². The number of H-pyrrole nitrogens is 1. The standard InChI is InChI=1S/C23H26N2O5S/c1-4-16-14(3)31-22(21(16)23(28)29-5-2)25-19(26)13-30-20(27)11-10-15-12-24-18-9-7-6-8-17(15)18/h6-9,12,24H,4-5,10-11,13H2,1-3H3,(H,25,26). The molecule has 0 spiro atoms. The van der Waals surface area contributed by atoms with Crippen molar-refractivity contribution in [2.45, 2.75) is 40.0 Å². The fourth-order valence-corrected chi connectivity index (χ4v) is 4.62. The van der Waals surface area contributed by atoms with E-state index in [-0.39, 0.29) is 13.0 Å². The van der Waals surface area contributed by atoms with Gasteiger partial charge >= 0.3 is 11.9 Å². The van der Waals surface area contributed by atoms with Crippen molar-refractivity contribution in [3.63, 3.8) is 0 Å². The van der Waals surface area contributed by atoms with Crippen LogP contribution in [0.3, 0.4) is 0 Å². The maximum absolute atomic E-state index is 12.3. The Balaban J connectivity index is 1.55. The quantitative estimate of drug-likeness (QED) is 0.479. The van der Waals surface area contributed by atoms with Crippen LogP contribution in [0.5, 0.6) is 0 Å². The number of ether oxygens (including phenoxy) is 2. The number of amides is 1. The van der Waals surface area contributed by atoms with Crippen LogP contribution in [0.1, 0.15) is 46.6 Å². The number of hydrogen-bond acceptors (Lipinski definition) is 6. The Bertz CT molecular complexity index is 1100. The number of carbonyl (C=O) groups is 3. The highest BCUT2D eigenvalue weighted by molar-refractivity contribution is 7.16. The Morgan fingerprint density at radius 3 is 2.65 bits per heavy atom. The van der Waals surface area contributed by atoms with Gasteiger partial charge in [0.05, 0.1) is 12.2 Å². The molecule has 31 heavy (non-hydrogen) atoms. The van der Waals surface area contributed by atoms with Crippen molar-refractivity contribution in [1.82, 2.24) is 4.98 Å². The Labute approximate surface area is 184 Å². The maximum Gasteiger partial charge on any atom is 0.341 e. The molecule has 0 aliphatic heterocycles. The lowest BCUT2D eigenvalue weighted by Gasteiger charge is -2.08. The van der Waals surface area contributed by atoms with Gasteiger partial charge in [0, 0.05) is 28.4 Å². The zero-order valence-electron chi connectivity index (χ0n) is 17.9. The summed E-state index contributed by atoms with van der Waals surface area (Å²) in [6, 6.07) is 7.86. The fraction of sp³-hybridized carbons (Fsp3) is 0.348. The molecule has 0 aliphatic rings. The Morgan fingerprint density at radius 1 is 1.13 bits per heavy atom. The van der Waals surface area contributed by atoms with Crippen LogP contribution in [-0.2, 0) is 31.9 Å². The SMILES string of the molecule is CCOC(=O)c1c(NC(=O)COC(=O)CCc2c[nH]c3ccccc23)sc(C)c1CC. The zero-order chi connectivity index (χ0) is 22.4. The molecule has 7 nitrogen and oxygen atoms in total. The molecule has 2 aromatic heterocycles. The maximum atomic E-state index is 12.3. The van der Waals surface area contributed by atoms with E-state index in [0.29, 0.717) is 23.4 Å². The van der Waals surface area contributed by atoms with Gasteiger partial charge in [0.1, 0.15) is 5.00 Å². The average molecular weight is 443 g/mol. The van der Waals surface area contributed by atoms with E-state index in [1.807, 2.05) is 44.3 Å². The minimum Gasteiger partial charge on any atom is -0.462 e. The number of para-hydroxylation sites is 1. The summed E-state index contributed by atoms with van der Waals surface area (Å²) in [5, 5.41) is 4.18. The molecule has 0 saturated carbocycles. The van der Waals surface area contributed by atoms with Crippen LogP contribution in [0.25, 0.3) is 10.9 Å². The molecule has 1 amide bonds. The summed E-state index contributed by atoms with van der Waals surface area (Å²) in [5.74, 6) is -1.41. The number of aromatic nitrogens is 1. The molecule has 8 heteroatoms. The highest BCUT2D eigenvalue weighted by atomic mass is 32.1. The van der Waals surface area contributed by atoms with Crippen LogP contribution in [-0.4, -0.2) is 36.0 Å². The molecule has 0 unspecified atom stereocenters. The van der Waals surface area contributed by atoms with Gasteiger partial charge in [0.25, 0.3) is 5.91 Å². The van der Waals surface area contributed by atoms with Crippen molar-refractivity contribution in [3.8, 4) is 0 Å². The number of esters is 2. The molecule has 2 N–H and O–H groups in total. The average Bonchev–Trinajstić information content (AvgIpc) is 3.31. The van der Waals surface area contributed by atoms with Crippen molar-refractivity contribution < 1.29 is 23.9 Å². The van der Waals surface area contributed by atoms with Crippen LogP contribution in [0.2, 0.25) is 0 Å². The molecular formula is C23H26N2O5S. The van der Waals surface area contributed by atoms with E-state index in [9.17, 15) is 14.4 Å². The van der Waals surface area contributed by atoms with Crippen molar-refractivity contribution in [2.24, 2.45) is 0 Å². The molecular weight excluding hydrogens is 416 g/mol. The summed E-state index contributed by atoms with van der Waals surface area (Å²) >= 11 is 1.32. The number of hydrogen-bond donors (Lipinski definition) is 2. The predicted molar refractivity (Wildman–Crippen MR) is 121 cm³/mol. The molecule has 2 heterocycles. The van der Waals surface area contributed by atoms with Gasteiger partial charge in [-0.2, -0.15) is 0 Å². The molecule has 3 aromatic rings. The third-order valence-electron chi connectivity index (χ3n) is 4.93. The predicted octanol–water partition coefficient (Wildman–Crippen LogP) is 4.39. The summed E-state index contributed by atoms with van der Waals surface area (Å²) in [7, 11) is 0. The van der Waals surface area contributed by atoms with Crippen LogP contribution >= 0.6 is 11.3 Å². The summed E-state index contributed by atoms with van der Waals surface area (Å²) in [6.07, 6.45) is 3.21. The van der Waals surface area contributed by atoms with Crippen molar-refractivity contribution in [2.75, 3.05) is 18.5 Å². The third kappa shape index (κ3) is 5.32. The first-order chi connectivity index (χ1) is 14.9. The van der Waals surface area contributed by atoms with Gasteiger partial charge in [0.2, 0.25) is 0 Å². The van der Waals surface area contributed by atoms with Crippen molar-refractivity contribution in [1.29, 1.82) is 0 Å². The second-order valence-corrected chi connectivity index (χ2v) is 8.21. The second-order valence-electron chi connectivity index (χ2n) is 6.98. The number of aromatic amines is 1. The normalized spacial score (nSPS) is 10.8. The molecule has 3 rings (SSSR count). The minimum atomic E-state index is -0.491. The van der Waals surface area contributed by atoms with Crippen LogP contribution in [0.4, 0.5) is 5.00 Å². The molecule has 0 aliphatic carbocycles. The van der Waals surface area contributed by atoms with E-state index in [1.54, 1.807) is 6.92 Å². The van der Waals surface area contributed by atoms with E-state index in [2.05, 4.69) is 10.3 Å². The highest BCUT2D eigenvalue weighted by Gasteiger charge is 2.23. The molecule has 0 fully saturated rings. The van der Waals surface area contributed by atoms with E-state index in [1.165, 1.54) is 11.3 Å². The zero-order valence-corrected chi connectivity index (χ0v) is 18.7. The van der Waals surface area contributed by atoms with Gasteiger partial charge in [-0.05, 0) is 43.9 Å². The summed E-state index contributed by atoms with van der Waals surface area (Å²) in [4.78, 5) is 40.9. The number of anilines is 1. The summed E-state index contributed by atoms with van der Waals surface area (Å²) in [5.41, 5.74) is 3.28. The van der Waals surface area contributed by atoms with Crippen LogP contribution in [0.15, 0.2) is 30.5 Å². The molecule has 0 saturated heterocycles. The molecule has 1 aromatic carbocycles. The van der Waals surface area contributed by atoms with Gasteiger partial charge in [-0.25, -0.2) is 4.79 Å². The summed E-state index contributed by atoms with van der Waals surface area (Å²) in [6.45, 7) is 5.41. The fourth-order valence-electron chi connectivity index (χ4n) is 3.47. The smallest absolute Gasteiger partial charge is 0.341 e. The van der Waals surface area contributed by atoms with Gasteiger partial charge in [0.15, 0.2) is 6.61 Å². The summed E-state index contributed by atoms with van der Waals surface area (Å²) < 4.78 is 10.3. The van der Waals surface area contributed by atoms with E-state index >= 15 is 0 Å². The Hall–Kier alpha value is -3.13. The lowest BCUT2D eigenvalue weighted by atomic mass is 10.1. The molecule has 0 bridgehead atoms. The van der Waals surface area contributed by atoms with Crippen LogP contribution in [0, 0.1) is 6.92 Å². The van der Waals surface area contributed by atoms with Gasteiger partial charge in [-0.15, -0.1) is 11.3 Å². The van der Waals surface area contributed by atoms with E-state index in [0.717, 1.165) is 26.9 Å². The monoisotopic (exact) mass is 442 g/mol. The number of carbonyl (C=O) groups excluding carboxylic acids is 3. The second kappa shape index (κ2) is 10.3. The van der Waals surface area contributed by atoms with Crippen LogP contribution < -0.4 is 5.32 Å². The lowest BCUT2D eigenvalue weighted by molar-refractivity contribution is -0.147. The Kier molecular flexibility index (Phi) is 7.46. The largest absolute Gasteiger partial charge is 0.462 e. The third-order valence-corrected chi connectivity index (χ3v) is 6.00. The van der Waals surface area contributed by atoms with Gasteiger partial charge in [-0.3, -0.25) is 9.59 Å². The number of nitrogens with one attached hydrogen (secondary N) is 2. The van der Waals surface area contributed by atoms with Gasteiger partial charge in [-0.1, -0.05) is 25.1 Å². The molecule has 0 radical (unpaired) electrons. The number of thiophene rings is 1. The first-order valence-electron chi connectivity index (χ1n) is 10.2. The Morgan fingerprint density at radius 2 is 1.90 bits per heavy atom. The molecule has 164 valence electrons. The number of benzene rings is 1. The topological polar surface area (TPSA) is 97.5 Å². The first-order valence-corrected chi connectivity index (χ1v) is 11.1. The molecule has 0 atom stereocenters. The van der Waals surface area contributed by atoms with E-state index < -0.39 is 24.5 Å². The highest BCUT2D eigenvalue weighted by Crippen LogP contribution is 2.34. The van der Waals surface area contributed by atoms with Gasteiger partial charge < -0.3 is 19.8 Å². The minimum absolute atomic E-state index is 0.168. The first kappa shape index (κ1) is 22.6. The number of fused-ring (bicyclic) bond motifs is 1. The van der Waals surface area contributed by atoms with Crippen molar-refractivity contribution >= 4 is 45.1 Å². The lowest BCUT2D eigenvalue weighted by Crippen LogP contribution is -2.22. The number of rotatable bonds is 9. The number of aryl methyl sites for hydroxylation is 2. The van der Waals surface area contributed by atoms with E-state index in [4.69, 9.17) is 9.47 Å².